The molecule has 0 aliphatic heterocycles. The first-order chi connectivity index (χ1) is 15.9. The third-order valence-electron chi connectivity index (χ3n) is 5.23. The fourth-order valence-electron chi connectivity index (χ4n) is 3.73. The van der Waals surface area contributed by atoms with Gasteiger partial charge in [-0.1, -0.05) is 54.1 Å². The lowest BCUT2D eigenvalue weighted by molar-refractivity contribution is -0.384. The number of nitro groups is 1. The Bertz CT molecular complexity index is 1440. The second-order valence-corrected chi connectivity index (χ2v) is 7.65. The minimum Gasteiger partial charge on any atom is -0.342 e. The number of aromatic nitrogens is 1. The van der Waals surface area contributed by atoms with Crippen molar-refractivity contribution in [2.24, 2.45) is 0 Å². The van der Waals surface area contributed by atoms with Crippen LogP contribution in [0.25, 0.3) is 17.0 Å². The van der Waals surface area contributed by atoms with Crippen LogP contribution in [0.3, 0.4) is 0 Å². The molecule has 0 fully saturated rings. The molecule has 0 saturated carbocycles. The third-order valence-corrected chi connectivity index (χ3v) is 5.23. The number of nitro benzene ring substituents is 1. The van der Waals surface area contributed by atoms with Gasteiger partial charge in [-0.05, 0) is 30.7 Å². The number of fused-ring (bicyclic) bond motifs is 1. The van der Waals surface area contributed by atoms with E-state index in [1.165, 1.54) is 29.8 Å². The molecule has 0 aliphatic rings. The van der Waals surface area contributed by atoms with E-state index in [0.717, 1.165) is 22.0 Å². The molecular formula is C26H20N4O3. The minimum absolute atomic E-state index is 0.0973. The van der Waals surface area contributed by atoms with Gasteiger partial charge in [0.2, 0.25) is 0 Å². The van der Waals surface area contributed by atoms with E-state index < -0.39 is 10.8 Å². The van der Waals surface area contributed by atoms with Crippen LogP contribution in [0.15, 0.2) is 84.6 Å². The van der Waals surface area contributed by atoms with Crippen molar-refractivity contribution >= 4 is 34.3 Å². The molecule has 0 aliphatic carbocycles. The second-order valence-electron chi connectivity index (χ2n) is 7.65. The number of non-ortho nitro benzene ring substituents is 1. The number of para-hydroxylation sites is 1. The minimum atomic E-state index is -0.631. The van der Waals surface area contributed by atoms with Crippen molar-refractivity contribution in [1.29, 1.82) is 5.26 Å². The topological polar surface area (TPSA) is 101 Å². The maximum atomic E-state index is 12.7. The molecule has 3 aromatic carbocycles. The molecule has 1 aromatic heterocycles. The fourth-order valence-corrected chi connectivity index (χ4v) is 3.73. The summed E-state index contributed by atoms with van der Waals surface area (Å²) in [4.78, 5) is 23.2. The molecule has 7 heteroatoms. The van der Waals surface area contributed by atoms with Crippen molar-refractivity contribution in [3.63, 3.8) is 0 Å². The van der Waals surface area contributed by atoms with Crippen LogP contribution in [0.2, 0.25) is 0 Å². The van der Waals surface area contributed by atoms with Crippen molar-refractivity contribution < 1.29 is 9.72 Å². The quantitative estimate of drug-likeness (QED) is 0.188. The number of nitriles is 1. The van der Waals surface area contributed by atoms with Gasteiger partial charge in [-0.25, -0.2) is 0 Å². The molecule has 0 bridgehead atoms. The number of aryl methyl sites for hydroxylation is 1. The summed E-state index contributed by atoms with van der Waals surface area (Å²) >= 11 is 0. The van der Waals surface area contributed by atoms with E-state index in [1.54, 1.807) is 6.08 Å². The highest BCUT2D eigenvalue weighted by Crippen LogP contribution is 2.25. The lowest BCUT2D eigenvalue weighted by Gasteiger charge is -2.06. The average molecular weight is 436 g/mol. The highest BCUT2D eigenvalue weighted by atomic mass is 16.6. The lowest BCUT2D eigenvalue weighted by Crippen LogP contribution is -2.13. The Kier molecular flexibility index (Phi) is 6.00. The van der Waals surface area contributed by atoms with Gasteiger partial charge < -0.3 is 9.88 Å². The Labute approximate surface area is 190 Å². The monoisotopic (exact) mass is 436 g/mol. The summed E-state index contributed by atoms with van der Waals surface area (Å²) in [6, 6.07) is 23.6. The number of amides is 1. The van der Waals surface area contributed by atoms with E-state index in [-0.39, 0.29) is 16.9 Å². The Hall–Kier alpha value is -4.70. The largest absolute Gasteiger partial charge is 0.342 e. The highest BCUT2D eigenvalue weighted by molar-refractivity contribution is 6.10. The summed E-state index contributed by atoms with van der Waals surface area (Å²) in [6.45, 7) is 2.70. The molecule has 0 atom stereocenters. The van der Waals surface area contributed by atoms with E-state index in [1.807, 2.05) is 55.6 Å². The van der Waals surface area contributed by atoms with Crippen LogP contribution in [-0.4, -0.2) is 15.4 Å². The van der Waals surface area contributed by atoms with E-state index in [2.05, 4.69) is 22.0 Å². The number of carbonyl (C=O) groups excluding carboxylic acids is 1. The van der Waals surface area contributed by atoms with Crippen molar-refractivity contribution in [1.82, 2.24) is 4.57 Å². The van der Waals surface area contributed by atoms with Gasteiger partial charge in [0.15, 0.2) is 0 Å². The predicted molar refractivity (Wildman–Crippen MR) is 128 cm³/mol. The molecule has 4 rings (SSSR count). The molecule has 1 heterocycles. The van der Waals surface area contributed by atoms with Crippen LogP contribution in [0, 0.1) is 28.4 Å². The van der Waals surface area contributed by atoms with Gasteiger partial charge in [0, 0.05) is 47.0 Å². The van der Waals surface area contributed by atoms with Crippen LogP contribution >= 0.6 is 0 Å². The van der Waals surface area contributed by atoms with Crippen molar-refractivity contribution in [3.05, 3.63) is 111 Å². The first-order valence-corrected chi connectivity index (χ1v) is 10.3. The maximum Gasteiger partial charge on any atom is 0.271 e. The summed E-state index contributed by atoms with van der Waals surface area (Å²) in [5, 5.41) is 24.1. The Morgan fingerprint density at radius 3 is 2.67 bits per heavy atom. The van der Waals surface area contributed by atoms with E-state index in [0.29, 0.717) is 6.54 Å². The first kappa shape index (κ1) is 21.5. The molecule has 4 aromatic rings. The van der Waals surface area contributed by atoms with E-state index >= 15 is 0 Å². The van der Waals surface area contributed by atoms with Crippen molar-refractivity contribution in [2.45, 2.75) is 13.5 Å². The molecule has 1 N–H and O–H groups in total. The van der Waals surface area contributed by atoms with Gasteiger partial charge in [-0.3, -0.25) is 14.9 Å². The van der Waals surface area contributed by atoms with Gasteiger partial charge in [-0.15, -0.1) is 0 Å². The zero-order chi connectivity index (χ0) is 23.4. The smallest absolute Gasteiger partial charge is 0.271 e. The molecule has 0 spiro atoms. The van der Waals surface area contributed by atoms with Gasteiger partial charge >= 0.3 is 0 Å². The van der Waals surface area contributed by atoms with Gasteiger partial charge in [0.1, 0.15) is 11.6 Å². The van der Waals surface area contributed by atoms with Crippen LogP contribution in [0.5, 0.6) is 0 Å². The third kappa shape index (κ3) is 4.81. The molecule has 1 amide bonds. The van der Waals surface area contributed by atoms with Gasteiger partial charge in [0.05, 0.1) is 4.92 Å². The Balaban J connectivity index is 1.66. The Morgan fingerprint density at radius 1 is 1.12 bits per heavy atom. The molecule has 162 valence electrons. The summed E-state index contributed by atoms with van der Waals surface area (Å²) in [6.07, 6.45) is 3.47. The summed E-state index contributed by atoms with van der Waals surface area (Å²) in [5.74, 6) is -0.631. The molecule has 7 nitrogen and oxygen atoms in total. The average Bonchev–Trinajstić information content (AvgIpc) is 3.14. The molecule has 0 saturated heterocycles. The van der Waals surface area contributed by atoms with Crippen molar-refractivity contribution in [2.75, 3.05) is 5.32 Å². The number of anilines is 1. The van der Waals surface area contributed by atoms with E-state index in [4.69, 9.17) is 0 Å². The van der Waals surface area contributed by atoms with Crippen LogP contribution in [0.4, 0.5) is 11.4 Å². The number of benzene rings is 3. The summed E-state index contributed by atoms with van der Waals surface area (Å²) < 4.78 is 2.09. The Morgan fingerprint density at radius 2 is 1.91 bits per heavy atom. The molecular weight excluding hydrogens is 416 g/mol. The number of hydrogen-bond donors (Lipinski definition) is 1. The number of rotatable bonds is 6. The first-order valence-electron chi connectivity index (χ1n) is 10.3. The van der Waals surface area contributed by atoms with Crippen LogP contribution in [0.1, 0.15) is 16.7 Å². The molecule has 33 heavy (non-hydrogen) atoms. The highest BCUT2D eigenvalue weighted by Gasteiger charge is 2.14. The number of carbonyl (C=O) groups is 1. The molecule has 0 radical (unpaired) electrons. The van der Waals surface area contributed by atoms with Crippen LogP contribution in [-0.2, 0) is 11.3 Å². The van der Waals surface area contributed by atoms with Crippen LogP contribution < -0.4 is 5.32 Å². The van der Waals surface area contributed by atoms with Gasteiger partial charge in [-0.2, -0.15) is 5.26 Å². The maximum absolute atomic E-state index is 12.7. The number of nitrogens with one attached hydrogen (secondary N) is 1. The van der Waals surface area contributed by atoms with Crippen molar-refractivity contribution in [3.8, 4) is 6.07 Å². The zero-order valence-corrected chi connectivity index (χ0v) is 17.9. The van der Waals surface area contributed by atoms with E-state index in [9.17, 15) is 20.2 Å². The lowest BCUT2D eigenvalue weighted by atomic mass is 10.1. The summed E-state index contributed by atoms with van der Waals surface area (Å²) in [5.41, 5.74) is 4.06. The predicted octanol–water partition coefficient (Wildman–Crippen LogP) is 5.45. The number of hydrogen-bond acceptors (Lipinski definition) is 4. The number of nitrogens with zero attached hydrogens (tertiary/aromatic N) is 3. The SMILES string of the molecule is Cc1cccc(Cn2cc(/C=C(\C#N)C(=O)Nc3cccc([N+](=O)[O-])c3)c3ccccc32)c1. The normalized spacial score (nSPS) is 11.2. The fraction of sp³-hybridized carbons (Fsp3) is 0.0769. The van der Waals surface area contributed by atoms with Gasteiger partial charge in [0.25, 0.3) is 11.6 Å². The second kappa shape index (κ2) is 9.20. The zero-order valence-electron chi connectivity index (χ0n) is 17.9. The standard InChI is InChI=1S/C26H20N4O3/c1-18-6-4-7-19(12-18)16-29-17-21(24-10-2-3-11-25(24)29)13-20(15-27)26(31)28-22-8-5-9-23(14-22)30(32)33/h2-14,17H,16H2,1H3,(H,28,31)/b20-13+. The summed E-state index contributed by atoms with van der Waals surface area (Å²) in [7, 11) is 0. The molecule has 0 unspecified atom stereocenters.